The van der Waals surface area contributed by atoms with Crippen LogP contribution in [0, 0.1) is 6.92 Å². The first-order valence-electron chi connectivity index (χ1n) is 11.4. The van der Waals surface area contributed by atoms with E-state index < -0.39 is 0 Å². The Labute approximate surface area is 182 Å². The summed E-state index contributed by atoms with van der Waals surface area (Å²) in [6.07, 6.45) is 7.62. The molecule has 2 fully saturated rings. The molecule has 2 amide bonds. The Hall–Kier alpha value is -2.96. The van der Waals surface area contributed by atoms with Crippen molar-refractivity contribution in [2.75, 3.05) is 13.1 Å². The summed E-state index contributed by atoms with van der Waals surface area (Å²) in [6.45, 7) is 3.45. The number of aromatic nitrogens is 3. The van der Waals surface area contributed by atoms with Crippen molar-refractivity contribution in [3.63, 3.8) is 0 Å². The number of nitrogens with zero attached hydrogens (tertiary/aromatic N) is 4. The number of para-hydroxylation sites is 1. The number of rotatable bonds is 3. The average molecular weight is 420 g/mol. The summed E-state index contributed by atoms with van der Waals surface area (Å²) < 4.78 is 5.62. The molecule has 7 nitrogen and oxygen atoms in total. The van der Waals surface area contributed by atoms with Gasteiger partial charge < -0.3 is 14.7 Å². The number of likely N-dealkylation sites (tertiary alicyclic amines) is 1. The van der Waals surface area contributed by atoms with E-state index in [0.29, 0.717) is 30.8 Å². The van der Waals surface area contributed by atoms with Gasteiger partial charge in [-0.25, -0.2) is 9.78 Å². The molecule has 1 aromatic carbocycles. The Kier molecular flexibility index (Phi) is 5.57. The van der Waals surface area contributed by atoms with Gasteiger partial charge in [0, 0.05) is 30.4 Å². The quantitative estimate of drug-likeness (QED) is 0.658. The van der Waals surface area contributed by atoms with Crippen LogP contribution in [0.2, 0.25) is 0 Å². The van der Waals surface area contributed by atoms with E-state index in [0.717, 1.165) is 47.8 Å². The lowest BCUT2D eigenvalue weighted by Crippen LogP contribution is -2.48. The number of pyridine rings is 1. The molecule has 1 aliphatic carbocycles. The van der Waals surface area contributed by atoms with Crippen LogP contribution in [-0.4, -0.2) is 45.2 Å². The Balaban J connectivity index is 1.23. The lowest BCUT2D eigenvalue weighted by Gasteiger charge is -2.32. The zero-order valence-corrected chi connectivity index (χ0v) is 18.0. The second kappa shape index (κ2) is 8.65. The molecule has 31 heavy (non-hydrogen) atoms. The fourth-order valence-corrected chi connectivity index (χ4v) is 4.79. The van der Waals surface area contributed by atoms with E-state index in [1.54, 1.807) is 0 Å². The van der Waals surface area contributed by atoms with E-state index >= 15 is 0 Å². The monoisotopic (exact) mass is 419 g/mol. The topological polar surface area (TPSA) is 84.2 Å². The van der Waals surface area contributed by atoms with Gasteiger partial charge in [0.05, 0.1) is 5.52 Å². The number of aryl methyl sites for hydroxylation is 1. The van der Waals surface area contributed by atoms with Gasteiger partial charge in [-0.05, 0) is 50.3 Å². The first kappa shape index (κ1) is 20.0. The number of carbonyl (C=O) groups is 1. The molecule has 0 unspecified atom stereocenters. The standard InChI is InChI=1S/C24H29N5O2/c1-16-15-18-7-5-6-10-20(18)26-21(16)22-27-23(31-28-22)17-11-13-29(14-12-17)24(30)25-19-8-3-2-4-9-19/h5-7,10,15,17,19H,2-4,8-9,11-14H2,1H3,(H,25,30). The van der Waals surface area contributed by atoms with Gasteiger partial charge in [0.25, 0.3) is 0 Å². The van der Waals surface area contributed by atoms with Crippen LogP contribution in [0.15, 0.2) is 34.9 Å². The van der Waals surface area contributed by atoms with Gasteiger partial charge in [-0.15, -0.1) is 0 Å². The van der Waals surface area contributed by atoms with Gasteiger partial charge in [-0.2, -0.15) is 4.98 Å². The van der Waals surface area contributed by atoms with Crippen LogP contribution < -0.4 is 5.32 Å². The van der Waals surface area contributed by atoms with Crippen molar-refractivity contribution < 1.29 is 9.32 Å². The highest BCUT2D eigenvalue weighted by atomic mass is 16.5. The van der Waals surface area contributed by atoms with Crippen molar-refractivity contribution >= 4 is 16.9 Å². The molecule has 0 atom stereocenters. The first-order chi connectivity index (χ1) is 15.2. The molecule has 1 saturated carbocycles. The normalized spacial score (nSPS) is 18.4. The minimum Gasteiger partial charge on any atom is -0.339 e. The van der Waals surface area contributed by atoms with Crippen LogP contribution in [-0.2, 0) is 0 Å². The number of hydrogen-bond donors (Lipinski definition) is 1. The Morgan fingerprint density at radius 1 is 1.06 bits per heavy atom. The van der Waals surface area contributed by atoms with Crippen LogP contribution in [0.4, 0.5) is 4.79 Å². The predicted molar refractivity (Wildman–Crippen MR) is 119 cm³/mol. The van der Waals surface area contributed by atoms with E-state index in [1.807, 2.05) is 30.0 Å². The van der Waals surface area contributed by atoms with Crippen molar-refractivity contribution in [2.45, 2.75) is 63.8 Å². The molecule has 1 saturated heterocycles. The number of benzene rings is 1. The van der Waals surface area contributed by atoms with Crippen molar-refractivity contribution in [3.8, 4) is 11.5 Å². The third-order valence-corrected chi connectivity index (χ3v) is 6.63. The molecule has 162 valence electrons. The summed E-state index contributed by atoms with van der Waals surface area (Å²) in [5.41, 5.74) is 2.71. The van der Waals surface area contributed by atoms with Crippen molar-refractivity contribution in [1.29, 1.82) is 0 Å². The summed E-state index contributed by atoms with van der Waals surface area (Å²) in [6, 6.07) is 10.6. The SMILES string of the molecule is Cc1cc2ccccc2nc1-c1noc(C2CCN(C(=O)NC3CCCCC3)CC2)n1. The Morgan fingerprint density at radius 3 is 2.65 bits per heavy atom. The van der Waals surface area contributed by atoms with Gasteiger partial charge in [0.1, 0.15) is 5.69 Å². The van der Waals surface area contributed by atoms with Gasteiger partial charge in [-0.3, -0.25) is 0 Å². The zero-order valence-electron chi connectivity index (χ0n) is 18.0. The van der Waals surface area contributed by atoms with E-state index in [4.69, 9.17) is 9.51 Å². The average Bonchev–Trinajstić information content (AvgIpc) is 3.29. The predicted octanol–water partition coefficient (Wildman–Crippen LogP) is 4.81. The van der Waals surface area contributed by atoms with Crippen molar-refractivity contribution in [3.05, 3.63) is 41.8 Å². The first-order valence-corrected chi connectivity index (χ1v) is 11.4. The fourth-order valence-electron chi connectivity index (χ4n) is 4.79. The Bertz CT molecular complexity index is 1060. The summed E-state index contributed by atoms with van der Waals surface area (Å²) in [4.78, 5) is 24.0. The largest absolute Gasteiger partial charge is 0.339 e. The molecule has 3 aromatic rings. The molecule has 0 spiro atoms. The highest BCUT2D eigenvalue weighted by Gasteiger charge is 2.29. The summed E-state index contributed by atoms with van der Waals surface area (Å²) in [7, 11) is 0. The maximum Gasteiger partial charge on any atom is 0.317 e. The summed E-state index contributed by atoms with van der Waals surface area (Å²) in [5, 5.41) is 8.54. The summed E-state index contributed by atoms with van der Waals surface area (Å²) in [5.74, 6) is 1.37. The van der Waals surface area contributed by atoms with E-state index in [2.05, 4.69) is 27.6 Å². The van der Waals surface area contributed by atoms with E-state index in [9.17, 15) is 4.79 Å². The molecule has 1 aliphatic heterocycles. The molecule has 2 aliphatic rings. The zero-order chi connectivity index (χ0) is 21.2. The third kappa shape index (κ3) is 4.27. The molecule has 0 bridgehead atoms. The molecule has 2 aromatic heterocycles. The smallest absolute Gasteiger partial charge is 0.317 e. The second-order valence-electron chi connectivity index (χ2n) is 8.85. The van der Waals surface area contributed by atoms with Crippen LogP contribution in [0.1, 0.15) is 62.3 Å². The number of hydrogen-bond acceptors (Lipinski definition) is 5. The van der Waals surface area contributed by atoms with Crippen LogP contribution >= 0.6 is 0 Å². The minimum atomic E-state index is 0.0764. The van der Waals surface area contributed by atoms with E-state index in [-0.39, 0.29) is 11.9 Å². The summed E-state index contributed by atoms with van der Waals surface area (Å²) >= 11 is 0. The maximum atomic E-state index is 12.6. The number of amides is 2. The number of nitrogens with one attached hydrogen (secondary N) is 1. The number of piperidine rings is 1. The lowest BCUT2D eigenvalue weighted by atomic mass is 9.95. The van der Waals surface area contributed by atoms with Crippen LogP contribution in [0.3, 0.4) is 0 Å². The van der Waals surface area contributed by atoms with Gasteiger partial charge in [0.15, 0.2) is 0 Å². The number of carbonyl (C=O) groups excluding carboxylic acids is 1. The van der Waals surface area contributed by atoms with Gasteiger partial charge in [-0.1, -0.05) is 42.6 Å². The van der Waals surface area contributed by atoms with Crippen molar-refractivity contribution in [2.24, 2.45) is 0 Å². The van der Waals surface area contributed by atoms with Crippen LogP contribution in [0.5, 0.6) is 0 Å². The minimum absolute atomic E-state index is 0.0764. The number of urea groups is 1. The van der Waals surface area contributed by atoms with Crippen molar-refractivity contribution in [1.82, 2.24) is 25.3 Å². The second-order valence-corrected chi connectivity index (χ2v) is 8.85. The molecular formula is C24H29N5O2. The number of fused-ring (bicyclic) bond motifs is 1. The third-order valence-electron chi connectivity index (χ3n) is 6.63. The maximum absolute atomic E-state index is 12.6. The Morgan fingerprint density at radius 2 is 1.84 bits per heavy atom. The highest BCUT2D eigenvalue weighted by molar-refractivity contribution is 5.82. The molecule has 7 heteroatoms. The van der Waals surface area contributed by atoms with Crippen LogP contribution in [0.25, 0.3) is 22.4 Å². The fraction of sp³-hybridized carbons (Fsp3) is 0.500. The molecule has 3 heterocycles. The molecular weight excluding hydrogens is 390 g/mol. The van der Waals surface area contributed by atoms with Gasteiger partial charge in [0.2, 0.25) is 11.7 Å². The lowest BCUT2D eigenvalue weighted by molar-refractivity contribution is 0.169. The molecule has 1 N–H and O–H groups in total. The molecule has 0 radical (unpaired) electrons. The van der Waals surface area contributed by atoms with E-state index in [1.165, 1.54) is 19.3 Å². The van der Waals surface area contributed by atoms with Gasteiger partial charge >= 0.3 is 6.03 Å². The highest BCUT2D eigenvalue weighted by Crippen LogP contribution is 2.30. The molecule has 5 rings (SSSR count).